The van der Waals surface area contributed by atoms with Crippen molar-refractivity contribution in [3.05, 3.63) is 47.6 Å². The third-order valence-corrected chi connectivity index (χ3v) is 6.01. The maximum Gasteiger partial charge on any atom is 0.319 e. The van der Waals surface area contributed by atoms with Gasteiger partial charge in [0.1, 0.15) is 17.8 Å². The summed E-state index contributed by atoms with van der Waals surface area (Å²) in [5.41, 5.74) is 7.65. The average Bonchev–Trinajstić information content (AvgIpc) is 3.28. The number of nitrogens with two attached hydrogens (primary N) is 1. The molecule has 0 bridgehead atoms. The van der Waals surface area contributed by atoms with E-state index in [-0.39, 0.29) is 31.2 Å². The number of allylic oxidation sites excluding steroid dienone is 2. The lowest BCUT2D eigenvalue weighted by atomic mass is 10.1. The minimum atomic E-state index is -0.989. The largest absolute Gasteiger partial charge is 0.497 e. The van der Waals surface area contributed by atoms with Gasteiger partial charge in [0.25, 0.3) is 0 Å². The van der Waals surface area contributed by atoms with Crippen molar-refractivity contribution in [2.45, 2.75) is 65.1 Å². The molecular weight excluding hydrogens is 516 g/mol. The maximum absolute atomic E-state index is 13.3. The minimum absolute atomic E-state index is 0.101. The molecule has 218 valence electrons. The molecule has 2 rings (SSSR count). The van der Waals surface area contributed by atoms with Crippen LogP contribution in [0.15, 0.2) is 47.6 Å². The molecule has 6 amide bonds. The number of methoxy groups -OCH3 is 1. The second-order valence-corrected chi connectivity index (χ2v) is 10.1. The number of likely N-dealkylation sites (tertiary alicyclic amines) is 1. The molecule has 1 aromatic rings. The molecule has 1 heterocycles. The Morgan fingerprint density at radius 1 is 1.10 bits per heavy atom. The molecule has 0 spiro atoms. The molecule has 1 saturated heterocycles. The van der Waals surface area contributed by atoms with Gasteiger partial charge < -0.3 is 36.6 Å². The molecule has 40 heavy (non-hydrogen) atoms. The second kappa shape index (κ2) is 15.3. The number of hydrogen-bond acceptors (Lipinski definition) is 6. The summed E-state index contributed by atoms with van der Waals surface area (Å²) in [4.78, 5) is 64.0. The molecular formula is C28H40N6O6. The third kappa shape index (κ3) is 10.4. The van der Waals surface area contributed by atoms with Crippen LogP contribution in [0.4, 0.5) is 10.5 Å². The molecule has 12 heteroatoms. The van der Waals surface area contributed by atoms with Crippen LogP contribution in [0.25, 0.3) is 0 Å². The lowest BCUT2D eigenvalue weighted by Crippen LogP contribution is -2.52. The first-order chi connectivity index (χ1) is 18.9. The van der Waals surface area contributed by atoms with Crippen LogP contribution >= 0.6 is 0 Å². The summed E-state index contributed by atoms with van der Waals surface area (Å²) >= 11 is 0. The molecule has 0 aromatic heterocycles. The minimum Gasteiger partial charge on any atom is -0.497 e. The second-order valence-electron chi connectivity index (χ2n) is 10.1. The number of urea groups is 1. The van der Waals surface area contributed by atoms with Crippen LogP contribution in [0.3, 0.4) is 0 Å². The normalized spacial score (nSPS) is 16.7. The van der Waals surface area contributed by atoms with Crippen molar-refractivity contribution >= 4 is 35.3 Å². The van der Waals surface area contributed by atoms with Gasteiger partial charge in [-0.15, -0.1) is 0 Å². The van der Waals surface area contributed by atoms with E-state index in [1.165, 1.54) is 24.2 Å². The third-order valence-electron chi connectivity index (χ3n) is 6.01. The number of nitrogens with zero attached hydrogens (tertiary/aromatic N) is 1. The van der Waals surface area contributed by atoms with Gasteiger partial charge in [0.15, 0.2) is 0 Å². The lowest BCUT2D eigenvalue weighted by molar-refractivity contribution is -0.136. The van der Waals surface area contributed by atoms with Crippen molar-refractivity contribution < 1.29 is 28.7 Å². The number of benzene rings is 1. The Hall–Kier alpha value is -4.35. The summed E-state index contributed by atoms with van der Waals surface area (Å²) < 4.78 is 5.17. The van der Waals surface area contributed by atoms with Crippen LogP contribution < -0.4 is 31.7 Å². The Morgan fingerprint density at radius 3 is 2.42 bits per heavy atom. The monoisotopic (exact) mass is 556 g/mol. The van der Waals surface area contributed by atoms with Crippen LogP contribution in [0.2, 0.25) is 0 Å². The predicted octanol–water partition coefficient (Wildman–Crippen LogP) is 1.59. The van der Waals surface area contributed by atoms with Crippen molar-refractivity contribution in [2.24, 2.45) is 5.73 Å². The van der Waals surface area contributed by atoms with Crippen molar-refractivity contribution in [2.75, 3.05) is 25.5 Å². The maximum atomic E-state index is 13.3. The summed E-state index contributed by atoms with van der Waals surface area (Å²) in [6, 6.07) is 3.90. The summed E-state index contributed by atoms with van der Waals surface area (Å²) in [6.45, 7) is 7.54. The van der Waals surface area contributed by atoms with Gasteiger partial charge in [-0.25, -0.2) is 4.79 Å². The Bertz CT molecular complexity index is 1160. The molecule has 1 aliphatic heterocycles. The fraction of sp³-hybridized carbons (Fsp3) is 0.464. The molecule has 1 aliphatic rings. The lowest BCUT2D eigenvalue weighted by Gasteiger charge is -2.25. The molecule has 6 N–H and O–H groups in total. The molecule has 3 atom stereocenters. The van der Waals surface area contributed by atoms with Crippen molar-refractivity contribution in [1.29, 1.82) is 0 Å². The van der Waals surface area contributed by atoms with Gasteiger partial charge in [-0.1, -0.05) is 17.2 Å². The number of primary amides is 1. The SMILES string of the molecule is COc1cccc(NC(=O)N[C@H]2C[C@@H](C(=O)N[C@@H](CCCNC(=O)C=C(C)C)C(N)=O)N(C(=O)C=C(C)C)C2)c1. The molecule has 0 aliphatic carbocycles. The van der Waals surface area contributed by atoms with Gasteiger partial charge in [-0.05, 0) is 59.1 Å². The summed E-state index contributed by atoms with van der Waals surface area (Å²) in [7, 11) is 1.52. The van der Waals surface area contributed by atoms with Crippen LogP contribution in [-0.2, 0) is 19.2 Å². The molecule has 1 fully saturated rings. The highest BCUT2D eigenvalue weighted by Gasteiger charge is 2.40. The van der Waals surface area contributed by atoms with E-state index in [4.69, 9.17) is 10.5 Å². The quantitative estimate of drug-likeness (QED) is 0.193. The van der Waals surface area contributed by atoms with Gasteiger partial charge in [0.05, 0.1) is 13.2 Å². The average molecular weight is 557 g/mol. The van der Waals surface area contributed by atoms with E-state index in [0.29, 0.717) is 24.4 Å². The van der Waals surface area contributed by atoms with E-state index in [0.717, 1.165) is 11.1 Å². The number of hydrogen-bond donors (Lipinski definition) is 5. The zero-order chi connectivity index (χ0) is 29.8. The van der Waals surface area contributed by atoms with E-state index >= 15 is 0 Å². The summed E-state index contributed by atoms with van der Waals surface area (Å²) in [5, 5.41) is 10.9. The van der Waals surface area contributed by atoms with Crippen molar-refractivity contribution in [3.8, 4) is 5.75 Å². The van der Waals surface area contributed by atoms with Gasteiger partial charge in [0.2, 0.25) is 23.6 Å². The van der Waals surface area contributed by atoms with E-state index in [1.54, 1.807) is 52.0 Å². The smallest absolute Gasteiger partial charge is 0.319 e. The standard InChI is InChI=1S/C28H40N6O6/c1-17(2)12-24(35)30-11-7-10-22(26(29)37)33-27(38)23-15-20(16-34(23)25(36)13-18(3)4)32-28(39)31-19-8-6-9-21(14-19)40-5/h6,8-9,12-14,20,22-23H,7,10-11,15-16H2,1-5H3,(H2,29,37)(H,30,35)(H,33,38)(H2,31,32,39)/t20-,22-,23-/m0/s1. The topological polar surface area (TPSA) is 172 Å². The van der Waals surface area contributed by atoms with Gasteiger partial charge in [-0.3, -0.25) is 19.2 Å². The Kier molecular flexibility index (Phi) is 12.2. The molecule has 0 unspecified atom stereocenters. The van der Waals surface area contributed by atoms with E-state index in [2.05, 4.69) is 21.3 Å². The predicted molar refractivity (Wildman–Crippen MR) is 151 cm³/mol. The number of rotatable bonds is 12. The molecule has 12 nitrogen and oxygen atoms in total. The van der Waals surface area contributed by atoms with Gasteiger partial charge >= 0.3 is 6.03 Å². The summed E-state index contributed by atoms with van der Waals surface area (Å²) in [5.74, 6) is -1.32. The highest BCUT2D eigenvalue weighted by atomic mass is 16.5. The van der Waals surface area contributed by atoms with Crippen molar-refractivity contribution in [1.82, 2.24) is 20.9 Å². The van der Waals surface area contributed by atoms with Crippen LogP contribution in [0.5, 0.6) is 5.75 Å². The van der Waals surface area contributed by atoms with Crippen molar-refractivity contribution in [3.63, 3.8) is 0 Å². The van der Waals surface area contributed by atoms with E-state index < -0.39 is 36.0 Å². The first-order valence-corrected chi connectivity index (χ1v) is 13.1. The van der Waals surface area contributed by atoms with Gasteiger partial charge in [0, 0.05) is 37.0 Å². The highest BCUT2D eigenvalue weighted by Crippen LogP contribution is 2.21. The Morgan fingerprint density at radius 2 is 1.80 bits per heavy atom. The number of nitrogens with one attached hydrogen (secondary N) is 4. The van der Waals surface area contributed by atoms with Crippen LogP contribution in [0.1, 0.15) is 47.0 Å². The zero-order valence-electron chi connectivity index (χ0n) is 23.7. The number of anilines is 1. The Balaban J connectivity index is 2.05. The molecule has 1 aromatic carbocycles. The van der Waals surface area contributed by atoms with E-state index in [9.17, 15) is 24.0 Å². The number of carbonyl (C=O) groups excluding carboxylic acids is 5. The number of ether oxygens (including phenoxy) is 1. The highest BCUT2D eigenvalue weighted by molar-refractivity contribution is 5.96. The zero-order valence-corrected chi connectivity index (χ0v) is 23.7. The first-order valence-electron chi connectivity index (χ1n) is 13.1. The van der Waals surface area contributed by atoms with Crippen LogP contribution in [-0.4, -0.2) is 72.9 Å². The Labute approximate surface area is 234 Å². The molecule has 0 saturated carbocycles. The fourth-order valence-electron chi connectivity index (χ4n) is 4.20. The van der Waals surface area contributed by atoms with E-state index in [1.807, 2.05) is 0 Å². The molecule has 0 radical (unpaired) electrons. The number of amides is 6. The van der Waals surface area contributed by atoms with Gasteiger partial charge in [-0.2, -0.15) is 0 Å². The first kappa shape index (κ1) is 31.9. The fourth-order valence-corrected chi connectivity index (χ4v) is 4.20. The summed E-state index contributed by atoms with van der Waals surface area (Å²) in [6.07, 6.45) is 3.63. The van der Waals surface area contributed by atoms with Crippen LogP contribution in [0, 0.1) is 0 Å². The number of carbonyl (C=O) groups is 5.